The Morgan fingerprint density at radius 3 is 2.72 bits per heavy atom. The second-order valence-corrected chi connectivity index (χ2v) is 7.97. The predicted molar refractivity (Wildman–Crippen MR) is 92.7 cm³/mol. The van der Waals surface area contributed by atoms with Gasteiger partial charge in [0.2, 0.25) is 5.78 Å². The molecule has 0 aromatic heterocycles. The van der Waals surface area contributed by atoms with Crippen molar-refractivity contribution in [2.45, 2.75) is 43.1 Å². The van der Waals surface area contributed by atoms with Gasteiger partial charge in [-0.1, -0.05) is 12.1 Å². The van der Waals surface area contributed by atoms with Crippen LogP contribution < -0.4 is 4.74 Å². The topological polar surface area (TPSA) is 66.8 Å². The van der Waals surface area contributed by atoms with Crippen molar-refractivity contribution in [2.75, 3.05) is 26.7 Å². The number of piperidine rings is 1. The highest BCUT2D eigenvalue weighted by atomic mass is 16.5. The molecule has 4 rings (SSSR count). The summed E-state index contributed by atoms with van der Waals surface area (Å²) in [7, 11) is 1.61. The average Bonchev–Trinajstić information content (AvgIpc) is 3.40. The van der Waals surface area contributed by atoms with Crippen molar-refractivity contribution in [3.05, 3.63) is 29.8 Å². The number of fused-ring (bicyclic) bond motifs is 1. The number of β-amino-alcohol motifs (C(OH)–C–C–N with tert-alkyl or cyclic N) is 1. The first-order valence-electron chi connectivity index (χ1n) is 9.11. The summed E-state index contributed by atoms with van der Waals surface area (Å²) in [4.78, 5) is 26.7. The van der Waals surface area contributed by atoms with Gasteiger partial charge in [-0.05, 0) is 49.4 Å². The number of hydrogen-bond acceptors (Lipinski definition) is 5. The lowest BCUT2D eigenvalue weighted by Gasteiger charge is -2.55. The van der Waals surface area contributed by atoms with E-state index in [4.69, 9.17) is 4.74 Å². The summed E-state index contributed by atoms with van der Waals surface area (Å²) in [5, 5.41) is 11.6. The van der Waals surface area contributed by atoms with Crippen LogP contribution in [0.4, 0.5) is 0 Å². The highest BCUT2D eigenvalue weighted by Crippen LogP contribution is 2.50. The van der Waals surface area contributed by atoms with Gasteiger partial charge in [0.25, 0.3) is 0 Å². The summed E-state index contributed by atoms with van der Waals surface area (Å²) < 4.78 is 5.34. The first-order chi connectivity index (χ1) is 12.0. The van der Waals surface area contributed by atoms with E-state index in [-0.39, 0.29) is 18.6 Å². The van der Waals surface area contributed by atoms with Gasteiger partial charge in [0.05, 0.1) is 12.7 Å². The van der Waals surface area contributed by atoms with Gasteiger partial charge >= 0.3 is 0 Å². The quantitative estimate of drug-likeness (QED) is 0.843. The lowest BCUT2D eigenvalue weighted by atomic mass is 9.55. The molecule has 3 aliphatic rings. The molecule has 0 bridgehead atoms. The molecule has 1 N–H and O–H groups in total. The van der Waals surface area contributed by atoms with Gasteiger partial charge in [0.1, 0.15) is 5.75 Å². The Hall–Kier alpha value is -1.72. The number of ether oxygens (including phenoxy) is 1. The first kappa shape index (κ1) is 16.7. The number of aliphatic hydroxyl groups is 1. The molecule has 1 aromatic rings. The van der Waals surface area contributed by atoms with Crippen molar-refractivity contribution in [2.24, 2.45) is 5.92 Å². The molecule has 0 radical (unpaired) electrons. The Bertz CT molecular complexity index is 713. The third kappa shape index (κ3) is 2.79. The number of Topliss-reactive ketones (excluding diaryl/α,β-unsaturated/α-hetero) is 2. The normalized spacial score (nSPS) is 33.2. The molecule has 1 heterocycles. The molecule has 2 unspecified atom stereocenters. The van der Waals surface area contributed by atoms with Crippen molar-refractivity contribution in [1.29, 1.82) is 0 Å². The van der Waals surface area contributed by atoms with E-state index in [0.29, 0.717) is 18.7 Å². The summed E-state index contributed by atoms with van der Waals surface area (Å²) in [6.07, 6.45) is 3.21. The molecule has 3 fully saturated rings. The van der Waals surface area contributed by atoms with Crippen molar-refractivity contribution >= 4 is 11.6 Å². The van der Waals surface area contributed by atoms with Gasteiger partial charge in [-0.3, -0.25) is 9.59 Å². The number of hydrogen-bond donors (Lipinski definition) is 1. The molecule has 1 saturated heterocycles. The maximum atomic E-state index is 12.3. The fraction of sp³-hybridized carbons (Fsp3) is 0.600. The van der Waals surface area contributed by atoms with Crippen LogP contribution in [0.3, 0.4) is 0 Å². The van der Waals surface area contributed by atoms with Crippen LogP contribution in [-0.4, -0.2) is 53.9 Å². The number of likely N-dealkylation sites (tertiary alicyclic amines) is 1. The Labute approximate surface area is 148 Å². The van der Waals surface area contributed by atoms with Crippen LogP contribution in [0.15, 0.2) is 24.3 Å². The lowest BCUT2D eigenvalue weighted by Crippen LogP contribution is -2.67. The van der Waals surface area contributed by atoms with Crippen LogP contribution in [0.2, 0.25) is 0 Å². The molecule has 2 saturated carbocycles. The largest absolute Gasteiger partial charge is 0.497 e. The molecule has 0 spiro atoms. The summed E-state index contributed by atoms with van der Waals surface area (Å²) in [5.41, 5.74) is -0.995. The highest BCUT2D eigenvalue weighted by Gasteiger charge is 2.60. The Morgan fingerprint density at radius 2 is 2.00 bits per heavy atom. The molecule has 2 atom stereocenters. The summed E-state index contributed by atoms with van der Waals surface area (Å²) in [5.74, 6) is 0.644. The van der Waals surface area contributed by atoms with Crippen molar-refractivity contribution < 1.29 is 19.4 Å². The molecule has 1 aromatic carbocycles. The van der Waals surface area contributed by atoms with E-state index in [1.54, 1.807) is 7.11 Å². The number of carbonyl (C=O) groups excluding carboxylic acids is 2. The minimum Gasteiger partial charge on any atom is -0.497 e. The van der Waals surface area contributed by atoms with Crippen LogP contribution in [0, 0.1) is 5.92 Å². The molecular formula is C20H25NO4. The molecule has 134 valence electrons. The SMILES string of the molecule is COc1cccc(C23CCN(CC4CC4)CC2(O)CC(=O)C(=O)C3)c1. The van der Waals surface area contributed by atoms with Crippen LogP contribution in [0.5, 0.6) is 5.75 Å². The van der Waals surface area contributed by atoms with Gasteiger partial charge < -0.3 is 14.7 Å². The van der Waals surface area contributed by atoms with E-state index >= 15 is 0 Å². The van der Waals surface area contributed by atoms with Crippen LogP contribution >= 0.6 is 0 Å². The zero-order valence-corrected chi connectivity index (χ0v) is 14.7. The minimum absolute atomic E-state index is 0.0792. The van der Waals surface area contributed by atoms with Gasteiger partial charge in [0.15, 0.2) is 5.78 Å². The predicted octanol–water partition coefficient (Wildman–Crippen LogP) is 1.71. The van der Waals surface area contributed by atoms with Crippen LogP contribution in [-0.2, 0) is 15.0 Å². The third-order valence-corrected chi connectivity index (χ3v) is 6.29. The van der Waals surface area contributed by atoms with E-state index in [1.807, 2.05) is 24.3 Å². The zero-order chi connectivity index (χ0) is 17.7. The fourth-order valence-corrected chi connectivity index (χ4v) is 4.65. The Morgan fingerprint density at radius 1 is 1.24 bits per heavy atom. The standard InChI is InChI=1S/C20H25NO4/c1-25-16-4-2-3-15(9-16)19-7-8-21(12-14-5-6-14)13-20(19,24)11-18(23)17(22)10-19/h2-4,9,14,24H,5-8,10-13H2,1H3. The molecule has 0 amide bonds. The van der Waals surface area contributed by atoms with Gasteiger partial charge in [-0.2, -0.15) is 0 Å². The van der Waals surface area contributed by atoms with Gasteiger partial charge in [0, 0.05) is 31.3 Å². The van der Waals surface area contributed by atoms with Crippen LogP contribution in [0.1, 0.15) is 37.7 Å². The minimum atomic E-state index is -1.20. The van der Waals surface area contributed by atoms with Gasteiger partial charge in [-0.15, -0.1) is 0 Å². The number of rotatable bonds is 4. The number of benzene rings is 1. The summed E-state index contributed by atoms with van der Waals surface area (Å²) in [6.45, 7) is 2.29. The molecule has 1 aliphatic heterocycles. The van der Waals surface area contributed by atoms with E-state index in [0.717, 1.165) is 24.6 Å². The number of methoxy groups -OCH3 is 1. The number of ketones is 2. The second-order valence-electron chi connectivity index (χ2n) is 7.97. The fourth-order valence-electron chi connectivity index (χ4n) is 4.65. The van der Waals surface area contributed by atoms with E-state index < -0.39 is 16.8 Å². The number of carbonyl (C=O) groups is 2. The smallest absolute Gasteiger partial charge is 0.201 e. The molecule has 2 aliphatic carbocycles. The van der Waals surface area contributed by atoms with E-state index in [9.17, 15) is 14.7 Å². The average molecular weight is 343 g/mol. The molecule has 5 nitrogen and oxygen atoms in total. The van der Waals surface area contributed by atoms with E-state index in [2.05, 4.69) is 4.90 Å². The maximum absolute atomic E-state index is 12.3. The first-order valence-corrected chi connectivity index (χ1v) is 9.11. The molecule has 25 heavy (non-hydrogen) atoms. The lowest BCUT2D eigenvalue weighted by molar-refractivity contribution is -0.160. The monoisotopic (exact) mass is 343 g/mol. The summed E-state index contributed by atoms with van der Waals surface area (Å²) >= 11 is 0. The highest BCUT2D eigenvalue weighted by molar-refractivity contribution is 6.38. The van der Waals surface area contributed by atoms with Crippen molar-refractivity contribution in [3.8, 4) is 5.75 Å². The maximum Gasteiger partial charge on any atom is 0.201 e. The Kier molecular flexibility index (Phi) is 3.96. The zero-order valence-electron chi connectivity index (χ0n) is 14.7. The van der Waals surface area contributed by atoms with Crippen molar-refractivity contribution in [3.63, 3.8) is 0 Å². The van der Waals surface area contributed by atoms with Gasteiger partial charge in [-0.25, -0.2) is 0 Å². The third-order valence-electron chi connectivity index (χ3n) is 6.29. The second kappa shape index (κ2) is 5.92. The molecular weight excluding hydrogens is 318 g/mol. The molecule has 5 heteroatoms. The Balaban J connectivity index is 1.72. The summed E-state index contributed by atoms with van der Waals surface area (Å²) in [6, 6.07) is 7.61. The van der Waals surface area contributed by atoms with E-state index in [1.165, 1.54) is 12.8 Å². The van der Waals surface area contributed by atoms with Crippen molar-refractivity contribution in [1.82, 2.24) is 4.90 Å². The number of nitrogens with zero attached hydrogens (tertiary/aromatic N) is 1. The van der Waals surface area contributed by atoms with Crippen LogP contribution in [0.25, 0.3) is 0 Å².